The second kappa shape index (κ2) is 17.5. The number of likely N-dealkylation sites (tertiary alicyclic amines) is 1. The van der Waals surface area contributed by atoms with E-state index in [0.717, 1.165) is 92.3 Å². The lowest BCUT2D eigenvalue weighted by Gasteiger charge is -2.59. The molecular formula is C46H59F2N13O4. The Morgan fingerprint density at radius 2 is 1.80 bits per heavy atom. The number of aliphatic hydroxyl groups excluding tert-OH is 3. The van der Waals surface area contributed by atoms with E-state index in [1.165, 1.54) is 10.7 Å². The molecule has 4 atom stereocenters. The van der Waals surface area contributed by atoms with E-state index in [2.05, 4.69) is 47.7 Å². The number of halogens is 2. The number of aliphatic hydroxyl groups is 3. The number of carbonyl (C=O) groups is 1. The average molecular weight is 896 g/mol. The molecule has 5 aromatic heterocycles. The molecule has 6 aromatic rings. The zero-order valence-electron chi connectivity index (χ0n) is 37.1. The summed E-state index contributed by atoms with van der Waals surface area (Å²) in [5.41, 5.74) is 4.26. The number of hydrogen-bond acceptors (Lipinski definition) is 12. The minimum absolute atomic E-state index is 0.0167. The largest absolute Gasteiger partial charge is 0.392 e. The van der Waals surface area contributed by atoms with Gasteiger partial charge in [0.25, 0.3) is 12.3 Å². The number of aromatic nitrogens is 9. The van der Waals surface area contributed by atoms with Crippen molar-refractivity contribution in [3.05, 3.63) is 72.2 Å². The van der Waals surface area contributed by atoms with Gasteiger partial charge in [0.1, 0.15) is 23.8 Å². The van der Waals surface area contributed by atoms with Gasteiger partial charge in [0.2, 0.25) is 0 Å². The Labute approximate surface area is 375 Å². The van der Waals surface area contributed by atoms with E-state index in [4.69, 9.17) is 10.2 Å². The van der Waals surface area contributed by atoms with Crippen LogP contribution < -0.4 is 15.5 Å². The van der Waals surface area contributed by atoms with Crippen LogP contribution in [0.3, 0.4) is 0 Å². The molecule has 1 amide bonds. The fraction of sp³-hybridized carbons (Fsp3) is 0.565. The number of nitrogens with zero attached hydrogens (tertiary/aromatic N) is 11. The van der Waals surface area contributed by atoms with Crippen LogP contribution in [0, 0.1) is 18.3 Å². The van der Waals surface area contributed by atoms with E-state index in [9.17, 15) is 28.9 Å². The van der Waals surface area contributed by atoms with Crippen molar-refractivity contribution in [2.45, 2.75) is 122 Å². The smallest absolute Gasteiger partial charge is 0.284 e. The predicted octanol–water partition coefficient (Wildman–Crippen LogP) is 5.86. The number of alkyl halides is 2. The maximum atomic E-state index is 14.3. The third-order valence-electron chi connectivity index (χ3n) is 14.3. The van der Waals surface area contributed by atoms with Crippen molar-refractivity contribution in [3.8, 4) is 11.1 Å². The zero-order chi connectivity index (χ0) is 45.1. The number of nitrogens with one attached hydrogen (secondary N) is 2. The summed E-state index contributed by atoms with van der Waals surface area (Å²) < 4.78 is 35.8. The topological polar surface area (TPSA) is 192 Å². The lowest BCUT2D eigenvalue weighted by molar-refractivity contribution is -0.0983. The molecule has 2 saturated carbocycles. The highest BCUT2D eigenvalue weighted by Gasteiger charge is 2.53. The van der Waals surface area contributed by atoms with Gasteiger partial charge in [-0.15, -0.1) is 0 Å². The molecule has 1 spiro atoms. The number of piperidine rings is 1. The van der Waals surface area contributed by atoms with Crippen LogP contribution in [-0.2, 0) is 0 Å². The lowest BCUT2D eigenvalue weighted by atomic mass is 9.60. The summed E-state index contributed by atoms with van der Waals surface area (Å²) in [5.74, 6) is 0.515. The van der Waals surface area contributed by atoms with Gasteiger partial charge in [-0.25, -0.2) is 18.3 Å². The number of fused-ring (bicyclic) bond motifs is 2. The van der Waals surface area contributed by atoms with Crippen molar-refractivity contribution in [1.82, 2.24) is 54.2 Å². The number of rotatable bonds is 14. The molecule has 2 saturated heterocycles. The first-order valence-corrected chi connectivity index (χ1v) is 23.2. The highest BCUT2D eigenvalue weighted by Crippen LogP contribution is 2.54. The van der Waals surface area contributed by atoms with Crippen molar-refractivity contribution in [2.75, 3.05) is 42.9 Å². The quantitative estimate of drug-likeness (QED) is 0.0877. The summed E-state index contributed by atoms with van der Waals surface area (Å²) >= 11 is 0. The van der Waals surface area contributed by atoms with Crippen molar-refractivity contribution >= 4 is 34.0 Å². The van der Waals surface area contributed by atoms with E-state index in [-0.39, 0.29) is 29.0 Å². The molecule has 2 aliphatic carbocycles. The highest BCUT2D eigenvalue weighted by atomic mass is 19.3. The number of carbonyl (C=O) groups excluding carboxylic acids is 1. The van der Waals surface area contributed by atoms with Gasteiger partial charge in [-0.1, -0.05) is 19.1 Å². The lowest BCUT2D eigenvalue weighted by Crippen LogP contribution is -2.63. The molecule has 0 unspecified atom stereocenters. The molecule has 7 heterocycles. The van der Waals surface area contributed by atoms with Crippen LogP contribution in [0.2, 0.25) is 0 Å². The Hall–Kier alpha value is -5.34. The van der Waals surface area contributed by atoms with Crippen LogP contribution >= 0.6 is 0 Å². The normalized spacial score (nSPS) is 24.2. The average Bonchev–Trinajstić information content (AvgIpc) is 4.07. The highest BCUT2D eigenvalue weighted by molar-refractivity contribution is 6.08. The fourth-order valence-corrected chi connectivity index (χ4v) is 11.2. The molecule has 65 heavy (non-hydrogen) atoms. The minimum Gasteiger partial charge on any atom is -0.392 e. The maximum Gasteiger partial charge on any atom is 0.284 e. The summed E-state index contributed by atoms with van der Waals surface area (Å²) in [4.78, 5) is 22.8. The van der Waals surface area contributed by atoms with Gasteiger partial charge in [0.15, 0.2) is 11.3 Å². The first kappa shape index (κ1) is 43.5. The van der Waals surface area contributed by atoms with Crippen molar-refractivity contribution < 1.29 is 28.9 Å². The molecule has 19 heteroatoms. The van der Waals surface area contributed by atoms with Gasteiger partial charge in [-0.2, -0.15) is 20.4 Å². The molecule has 4 aliphatic rings. The SMILES string of the molecule is CCCN(C[C@@H](C)O)c1ccn2ncc(C(=O)Nc3cn(C4CCC(CN5CC6(CC(n7cc(-c8cccc9c8c(C)nn9[C@@H]8CC[C@@H](O)N[C@@H]8O)cn7)C6)C5)CC4)nc3C(F)F)c2n1. The summed E-state index contributed by atoms with van der Waals surface area (Å²) in [6, 6.07) is 8.00. The van der Waals surface area contributed by atoms with E-state index in [1.54, 1.807) is 30.1 Å². The number of amides is 1. The molecular weight excluding hydrogens is 837 g/mol. The first-order chi connectivity index (χ1) is 31.3. The van der Waals surface area contributed by atoms with Crippen molar-refractivity contribution in [2.24, 2.45) is 11.3 Å². The standard InChI is InChI=1S/C46H59F2N13O4/c1-4-15-57(21-27(2)62)38-14-16-58-43(52-38)34(20-50-58)44(64)51-35-24-60(55-41(35)42(47)48)31-10-8-29(9-11-31)22-56-25-46(26-56)17-32(18-46)59-23-30(19-49-59)33-6-5-7-36-40(33)28(3)54-61(36)37-12-13-39(63)53-45(37)65/h5-7,14,16,19-20,23-24,27,29,31-32,37,39,42,45,53,62-63,65H,4,8-13,15,17-18,21-22,25-26H2,1-3H3,(H,51,64)/t27-,29?,31?,37-,39-,45-/m1/s1. The van der Waals surface area contributed by atoms with Crippen LogP contribution in [0.15, 0.2) is 55.2 Å². The fourth-order valence-electron chi connectivity index (χ4n) is 11.2. The molecule has 17 nitrogen and oxygen atoms in total. The van der Waals surface area contributed by atoms with Gasteiger partial charge < -0.3 is 30.4 Å². The zero-order valence-corrected chi connectivity index (χ0v) is 37.1. The third kappa shape index (κ3) is 8.41. The summed E-state index contributed by atoms with van der Waals surface area (Å²) in [7, 11) is 0. The van der Waals surface area contributed by atoms with E-state index in [0.29, 0.717) is 49.1 Å². The van der Waals surface area contributed by atoms with Gasteiger partial charge >= 0.3 is 0 Å². The third-order valence-corrected chi connectivity index (χ3v) is 14.3. The summed E-state index contributed by atoms with van der Waals surface area (Å²) in [5, 5.41) is 55.5. The Morgan fingerprint density at radius 1 is 1.00 bits per heavy atom. The molecule has 4 fully saturated rings. The number of anilines is 2. The molecule has 10 rings (SSSR count). The molecule has 346 valence electrons. The summed E-state index contributed by atoms with van der Waals surface area (Å²) in [6.07, 6.45) is 11.5. The molecule has 2 aliphatic heterocycles. The molecule has 5 N–H and O–H groups in total. The molecule has 0 bridgehead atoms. The monoisotopic (exact) mass is 895 g/mol. The Balaban J connectivity index is 0.719. The number of benzene rings is 1. The maximum absolute atomic E-state index is 14.3. The van der Waals surface area contributed by atoms with E-state index in [1.807, 2.05) is 41.8 Å². The number of hydrogen-bond donors (Lipinski definition) is 5. The van der Waals surface area contributed by atoms with Crippen LogP contribution in [0.1, 0.15) is 118 Å². The van der Waals surface area contributed by atoms with E-state index >= 15 is 0 Å². The Bertz CT molecular complexity index is 2650. The Kier molecular flexibility index (Phi) is 11.7. The van der Waals surface area contributed by atoms with Crippen LogP contribution in [-0.4, -0.2) is 121 Å². The number of aryl methyl sites for hydroxylation is 1. The Morgan fingerprint density at radius 3 is 2.54 bits per heavy atom. The van der Waals surface area contributed by atoms with Crippen molar-refractivity contribution in [3.63, 3.8) is 0 Å². The second-order valence-corrected chi connectivity index (χ2v) is 19.2. The predicted molar refractivity (Wildman–Crippen MR) is 240 cm³/mol. The van der Waals surface area contributed by atoms with Crippen LogP contribution in [0.5, 0.6) is 0 Å². The van der Waals surface area contributed by atoms with Gasteiger partial charge in [0.05, 0.1) is 53.5 Å². The van der Waals surface area contributed by atoms with Crippen LogP contribution in [0.25, 0.3) is 27.7 Å². The van der Waals surface area contributed by atoms with Crippen LogP contribution in [0.4, 0.5) is 20.3 Å². The van der Waals surface area contributed by atoms with Crippen molar-refractivity contribution in [1.29, 1.82) is 0 Å². The minimum atomic E-state index is -2.87. The van der Waals surface area contributed by atoms with E-state index < -0.39 is 36.6 Å². The van der Waals surface area contributed by atoms with Gasteiger partial charge in [-0.05, 0) is 101 Å². The van der Waals surface area contributed by atoms with Gasteiger partial charge in [0, 0.05) is 62.3 Å². The van der Waals surface area contributed by atoms with Gasteiger partial charge in [-0.3, -0.25) is 24.2 Å². The first-order valence-electron chi connectivity index (χ1n) is 23.2. The second-order valence-electron chi connectivity index (χ2n) is 19.2. The molecule has 1 aromatic carbocycles. The summed E-state index contributed by atoms with van der Waals surface area (Å²) in [6.45, 7) is 9.96. The molecule has 0 radical (unpaired) electrons.